The summed E-state index contributed by atoms with van der Waals surface area (Å²) in [6.45, 7) is 0.381. The van der Waals surface area contributed by atoms with Crippen LogP contribution in [0.15, 0.2) is 38.6 Å². The predicted molar refractivity (Wildman–Crippen MR) is 77.3 cm³/mol. The Morgan fingerprint density at radius 3 is 2.50 bits per heavy atom. The molecule has 18 heavy (non-hydrogen) atoms. The molecule has 1 aromatic heterocycles. The molecule has 6 heteroatoms. The quantitative estimate of drug-likeness (QED) is 0.826. The second-order valence-electron chi connectivity index (χ2n) is 3.54. The molecule has 0 saturated carbocycles. The summed E-state index contributed by atoms with van der Waals surface area (Å²) in [6.07, 6.45) is 0. The van der Waals surface area contributed by atoms with Crippen LogP contribution in [-0.4, -0.2) is 5.91 Å². The number of hydrogen-bond acceptors (Lipinski definition) is 2. The second-order valence-corrected chi connectivity index (χ2v) is 6.77. The molecule has 0 unspecified atom stereocenters. The first-order chi connectivity index (χ1) is 8.56. The first kappa shape index (κ1) is 13.7. The molecule has 0 saturated heterocycles. The highest BCUT2D eigenvalue weighted by Gasteiger charge is 2.11. The summed E-state index contributed by atoms with van der Waals surface area (Å²) in [5.74, 6) is -0.424. The molecule has 1 heterocycles. The molecule has 2 rings (SSSR count). The van der Waals surface area contributed by atoms with Crippen molar-refractivity contribution in [2.24, 2.45) is 0 Å². The number of halogens is 3. The van der Waals surface area contributed by atoms with Crippen molar-refractivity contribution in [1.82, 2.24) is 5.32 Å². The Morgan fingerprint density at radius 2 is 1.94 bits per heavy atom. The molecule has 1 N–H and O–H groups in total. The van der Waals surface area contributed by atoms with Gasteiger partial charge in [-0.25, -0.2) is 4.39 Å². The van der Waals surface area contributed by atoms with Crippen LogP contribution in [0.5, 0.6) is 0 Å². The van der Waals surface area contributed by atoms with Crippen LogP contribution in [0.2, 0.25) is 0 Å². The lowest BCUT2D eigenvalue weighted by molar-refractivity contribution is 0.0955. The van der Waals surface area contributed by atoms with Gasteiger partial charge in [0.05, 0.1) is 8.66 Å². The fraction of sp³-hybridized carbons (Fsp3) is 0.0833. The number of rotatable bonds is 3. The van der Waals surface area contributed by atoms with E-state index >= 15 is 0 Å². The van der Waals surface area contributed by atoms with Gasteiger partial charge in [0, 0.05) is 11.0 Å². The van der Waals surface area contributed by atoms with Gasteiger partial charge >= 0.3 is 0 Å². The Hall–Kier alpha value is -0.720. The van der Waals surface area contributed by atoms with E-state index < -0.39 is 0 Å². The molecule has 1 aromatic carbocycles. The third-order valence-corrected chi connectivity index (χ3v) is 5.49. The molecular formula is C12H8Br2FNOS. The van der Waals surface area contributed by atoms with Crippen LogP contribution in [0.3, 0.4) is 0 Å². The Balaban J connectivity index is 1.98. The monoisotopic (exact) mass is 391 g/mol. The van der Waals surface area contributed by atoms with Crippen LogP contribution in [0, 0.1) is 5.82 Å². The van der Waals surface area contributed by atoms with E-state index in [0.29, 0.717) is 11.4 Å². The molecule has 0 atom stereocenters. The van der Waals surface area contributed by atoms with Crippen molar-refractivity contribution in [2.75, 3.05) is 0 Å². The SMILES string of the molecule is O=C(NCc1ccc(F)cc1)c1cc(Br)c(Br)s1. The average molecular weight is 393 g/mol. The number of nitrogens with one attached hydrogen (secondary N) is 1. The van der Waals surface area contributed by atoms with E-state index in [9.17, 15) is 9.18 Å². The van der Waals surface area contributed by atoms with Crippen LogP contribution in [0.4, 0.5) is 4.39 Å². The van der Waals surface area contributed by atoms with Crippen molar-refractivity contribution in [3.05, 3.63) is 54.8 Å². The summed E-state index contributed by atoms with van der Waals surface area (Å²) in [6, 6.07) is 7.81. The lowest BCUT2D eigenvalue weighted by atomic mass is 10.2. The zero-order chi connectivity index (χ0) is 13.1. The van der Waals surface area contributed by atoms with Crippen LogP contribution in [0.1, 0.15) is 15.2 Å². The standard InChI is InChI=1S/C12H8Br2FNOS/c13-9-5-10(18-11(9)14)12(17)16-6-7-1-3-8(15)4-2-7/h1-5H,6H2,(H,16,17). The van der Waals surface area contributed by atoms with Gasteiger partial charge in [-0.1, -0.05) is 12.1 Å². The molecule has 1 amide bonds. The zero-order valence-corrected chi connectivity index (χ0v) is 13.0. The average Bonchev–Trinajstić information content (AvgIpc) is 2.69. The summed E-state index contributed by atoms with van der Waals surface area (Å²) in [5, 5.41) is 2.78. The molecule has 0 aliphatic carbocycles. The third-order valence-electron chi connectivity index (χ3n) is 2.24. The normalized spacial score (nSPS) is 10.4. The highest BCUT2D eigenvalue weighted by atomic mass is 79.9. The summed E-state index contributed by atoms with van der Waals surface area (Å²) < 4.78 is 14.4. The van der Waals surface area contributed by atoms with Gasteiger partial charge in [-0.3, -0.25) is 4.79 Å². The minimum absolute atomic E-state index is 0.143. The molecule has 0 aliphatic heterocycles. The maximum atomic E-state index is 12.7. The Morgan fingerprint density at radius 1 is 1.28 bits per heavy atom. The summed E-state index contributed by atoms with van der Waals surface area (Å²) in [7, 11) is 0. The summed E-state index contributed by atoms with van der Waals surface area (Å²) in [4.78, 5) is 12.5. The molecule has 2 nitrogen and oxygen atoms in total. The van der Waals surface area contributed by atoms with E-state index in [1.807, 2.05) is 0 Å². The van der Waals surface area contributed by atoms with Crippen molar-refractivity contribution < 1.29 is 9.18 Å². The van der Waals surface area contributed by atoms with E-state index in [4.69, 9.17) is 0 Å². The van der Waals surface area contributed by atoms with Crippen LogP contribution in [0.25, 0.3) is 0 Å². The van der Waals surface area contributed by atoms with Gasteiger partial charge in [0.25, 0.3) is 5.91 Å². The van der Waals surface area contributed by atoms with Crippen molar-refractivity contribution >= 4 is 49.1 Å². The second kappa shape index (κ2) is 5.95. The van der Waals surface area contributed by atoms with Gasteiger partial charge < -0.3 is 5.32 Å². The maximum Gasteiger partial charge on any atom is 0.261 e. The van der Waals surface area contributed by atoms with Crippen LogP contribution >= 0.6 is 43.2 Å². The predicted octanol–water partition coefficient (Wildman–Crippen LogP) is 4.34. The van der Waals surface area contributed by atoms with E-state index in [-0.39, 0.29) is 11.7 Å². The molecule has 94 valence electrons. The number of carbonyl (C=O) groups is 1. The fourth-order valence-electron chi connectivity index (χ4n) is 1.33. The Labute approximate surface area is 124 Å². The van der Waals surface area contributed by atoms with Gasteiger partial charge in [-0.15, -0.1) is 11.3 Å². The van der Waals surface area contributed by atoms with E-state index in [1.54, 1.807) is 18.2 Å². The summed E-state index contributed by atoms with van der Waals surface area (Å²) in [5.41, 5.74) is 0.861. The van der Waals surface area contributed by atoms with Gasteiger partial charge in [0.2, 0.25) is 0 Å². The largest absolute Gasteiger partial charge is 0.347 e. The molecule has 0 spiro atoms. The first-order valence-electron chi connectivity index (χ1n) is 5.04. The topological polar surface area (TPSA) is 29.1 Å². The minimum Gasteiger partial charge on any atom is -0.347 e. The number of benzene rings is 1. The molecule has 0 radical (unpaired) electrons. The third kappa shape index (κ3) is 3.40. The van der Waals surface area contributed by atoms with Crippen molar-refractivity contribution in [2.45, 2.75) is 6.54 Å². The van der Waals surface area contributed by atoms with E-state index in [0.717, 1.165) is 13.8 Å². The first-order valence-corrected chi connectivity index (χ1v) is 7.44. The number of thiophene rings is 1. The Bertz CT molecular complexity index is 548. The van der Waals surface area contributed by atoms with Gasteiger partial charge in [-0.2, -0.15) is 0 Å². The fourth-order valence-corrected chi connectivity index (χ4v) is 3.28. The molecule has 0 aliphatic rings. The smallest absolute Gasteiger partial charge is 0.261 e. The Kier molecular flexibility index (Phi) is 4.53. The van der Waals surface area contributed by atoms with Gasteiger partial charge in [0.1, 0.15) is 5.82 Å². The maximum absolute atomic E-state index is 12.7. The zero-order valence-electron chi connectivity index (χ0n) is 9.04. The lowest BCUT2D eigenvalue weighted by Gasteiger charge is -2.03. The number of carbonyl (C=O) groups excluding carboxylic acids is 1. The summed E-state index contributed by atoms with van der Waals surface area (Å²) >= 11 is 8.03. The number of hydrogen-bond donors (Lipinski definition) is 1. The highest BCUT2D eigenvalue weighted by Crippen LogP contribution is 2.32. The lowest BCUT2D eigenvalue weighted by Crippen LogP contribution is -2.21. The van der Waals surface area contributed by atoms with Crippen LogP contribution in [-0.2, 0) is 6.54 Å². The van der Waals surface area contributed by atoms with Crippen molar-refractivity contribution in [1.29, 1.82) is 0 Å². The molecule has 2 aromatic rings. The minimum atomic E-state index is -0.281. The molecule has 0 bridgehead atoms. The van der Waals surface area contributed by atoms with Gasteiger partial charge in [-0.05, 0) is 55.6 Å². The number of amides is 1. The van der Waals surface area contributed by atoms with Crippen molar-refractivity contribution in [3.8, 4) is 0 Å². The molecule has 0 fully saturated rings. The van der Waals surface area contributed by atoms with Crippen molar-refractivity contribution in [3.63, 3.8) is 0 Å². The molecular weight excluding hydrogens is 385 g/mol. The van der Waals surface area contributed by atoms with Gasteiger partial charge in [0.15, 0.2) is 0 Å². The van der Waals surface area contributed by atoms with Crippen LogP contribution < -0.4 is 5.32 Å². The van der Waals surface area contributed by atoms with E-state index in [1.165, 1.54) is 23.5 Å². The van der Waals surface area contributed by atoms with E-state index in [2.05, 4.69) is 37.2 Å². The highest BCUT2D eigenvalue weighted by molar-refractivity contribution is 9.13.